The van der Waals surface area contributed by atoms with E-state index in [1.54, 1.807) is 0 Å². The molecule has 12 heteroatoms. The average molecular weight is 884 g/mol. The van der Waals surface area contributed by atoms with Crippen LogP contribution in [-0.2, 0) is 10.0 Å². The lowest BCUT2D eigenvalue weighted by atomic mass is 9.75. The number of fused-ring (bicyclic) bond motifs is 20. The molecule has 5 heterocycles. The molecule has 0 amide bonds. The minimum absolute atomic E-state index is 0.0435. The van der Waals surface area contributed by atoms with Gasteiger partial charge in [0.05, 0.1) is 55.1 Å². The van der Waals surface area contributed by atoms with E-state index in [1.165, 1.54) is 161 Å². The van der Waals surface area contributed by atoms with Gasteiger partial charge in [0.2, 0.25) is 10.0 Å². The van der Waals surface area contributed by atoms with Crippen LogP contribution < -0.4 is 47.3 Å². The topological polar surface area (TPSA) is 142 Å². The summed E-state index contributed by atoms with van der Waals surface area (Å²) in [4.78, 5) is 0. The van der Waals surface area contributed by atoms with Gasteiger partial charge < -0.3 is 0 Å². The van der Waals surface area contributed by atoms with Crippen LogP contribution >= 0.6 is 0 Å². The molecule has 11 nitrogen and oxygen atoms in total. The number of hydrogen-bond donors (Lipinski definition) is 9. The van der Waals surface area contributed by atoms with Crippen molar-refractivity contribution < 1.29 is 8.42 Å². The standard InChI is InChI=1S/C50H93N9O2S/c1-2-3-4-5-6-7-8-9-10-11-12-13-14-15-16-23-33-62(60,61)59-41-32-24-31-40-42(41)50-57-48-39-30-22-21-29-38(39)46(55-48)53-44-35-26-18-17-25-34(35)43(51-44)52-45-36-27-19-20-28-37(36)47(54-45)56-49(40)58-50/h34-59H,2-33H2,1H3. The SMILES string of the molecule is CCCCCCCCCCCCCCCCCCS(=O)(=O)NC1CCCC2C3NC4NC(NC5NC(NC6NC(NC(N3)C12)C1CCCCC61)C1CCCCC51)C1CCCCC41. The predicted octanol–water partition coefficient (Wildman–Crippen LogP) is 7.77. The van der Waals surface area contributed by atoms with Gasteiger partial charge in [-0.2, -0.15) is 0 Å². The maximum Gasteiger partial charge on any atom is 0.211 e. The molecule has 9 rings (SSSR count). The average Bonchev–Trinajstić information content (AvgIpc) is 4.02. The lowest BCUT2D eigenvalue weighted by Gasteiger charge is -2.39. The summed E-state index contributed by atoms with van der Waals surface area (Å²) in [6.07, 6.45) is 41.6. The highest BCUT2D eigenvalue weighted by molar-refractivity contribution is 7.89. The second-order valence-electron chi connectivity index (χ2n) is 22.5. The first-order chi connectivity index (χ1) is 30.5. The maximum absolute atomic E-state index is 13.9. The Morgan fingerprint density at radius 3 is 1.00 bits per heavy atom. The van der Waals surface area contributed by atoms with Crippen molar-refractivity contribution in [2.75, 3.05) is 5.75 Å². The summed E-state index contributed by atoms with van der Waals surface area (Å²) in [5.74, 6) is 4.61. The molecule has 0 aromatic rings. The van der Waals surface area contributed by atoms with Crippen LogP contribution in [0.15, 0.2) is 0 Å². The Hall–Kier alpha value is -0.410. The Bertz CT molecular complexity index is 1470. The molecule has 9 N–H and O–H groups in total. The molecule has 5 saturated heterocycles. The first kappa shape index (κ1) is 46.7. The van der Waals surface area contributed by atoms with Crippen molar-refractivity contribution in [2.24, 2.45) is 47.3 Å². The van der Waals surface area contributed by atoms with Crippen molar-refractivity contribution in [2.45, 2.75) is 261 Å². The Morgan fingerprint density at radius 1 is 0.355 bits per heavy atom. The number of rotatable bonds is 19. The van der Waals surface area contributed by atoms with Crippen LogP contribution in [0.4, 0.5) is 0 Å². The molecule has 0 radical (unpaired) electrons. The summed E-state index contributed by atoms with van der Waals surface area (Å²) in [7, 11) is -3.38. The van der Waals surface area contributed by atoms with Crippen LogP contribution in [0.25, 0.3) is 0 Å². The van der Waals surface area contributed by atoms with Crippen LogP contribution in [-0.4, -0.2) is 69.5 Å². The molecular weight excluding hydrogens is 791 g/mol. The molecule has 4 aliphatic carbocycles. The third-order valence-electron chi connectivity index (χ3n) is 18.5. The number of unbranched alkanes of at least 4 members (excludes halogenated alkanes) is 15. The minimum atomic E-state index is -3.38. The second kappa shape index (κ2) is 22.6. The van der Waals surface area contributed by atoms with Crippen molar-refractivity contribution in [3.05, 3.63) is 0 Å². The summed E-state index contributed by atoms with van der Waals surface area (Å²) in [6, 6.07) is -0.0484. The second-order valence-corrected chi connectivity index (χ2v) is 24.4. The van der Waals surface area contributed by atoms with Crippen LogP contribution in [0, 0.1) is 47.3 Å². The van der Waals surface area contributed by atoms with E-state index in [0.717, 1.165) is 38.5 Å². The Labute approximate surface area is 378 Å². The zero-order chi connectivity index (χ0) is 42.3. The largest absolute Gasteiger partial charge is 0.286 e. The maximum atomic E-state index is 13.9. The van der Waals surface area contributed by atoms with E-state index in [-0.39, 0.29) is 48.5 Å². The van der Waals surface area contributed by atoms with E-state index in [4.69, 9.17) is 0 Å². The zero-order valence-corrected chi connectivity index (χ0v) is 40.0. The van der Waals surface area contributed by atoms with Crippen molar-refractivity contribution in [3.63, 3.8) is 0 Å². The Kier molecular flexibility index (Phi) is 17.0. The molecule has 9 aliphatic rings. The fourth-order valence-corrected chi connectivity index (χ4v) is 16.8. The molecule has 0 aromatic carbocycles. The van der Waals surface area contributed by atoms with E-state index >= 15 is 0 Å². The highest BCUT2D eigenvalue weighted by Crippen LogP contribution is 2.46. The van der Waals surface area contributed by atoms with Crippen molar-refractivity contribution >= 4 is 10.0 Å². The van der Waals surface area contributed by atoms with Gasteiger partial charge in [0.25, 0.3) is 0 Å². The molecule has 5 aliphatic heterocycles. The third-order valence-corrected chi connectivity index (χ3v) is 20.0. The van der Waals surface area contributed by atoms with Gasteiger partial charge in [0, 0.05) is 12.0 Å². The van der Waals surface area contributed by atoms with E-state index in [2.05, 4.69) is 54.2 Å². The molecule has 9 fully saturated rings. The number of hydrogen-bond acceptors (Lipinski definition) is 10. The van der Waals surface area contributed by atoms with Gasteiger partial charge in [-0.25, -0.2) is 13.1 Å². The first-order valence-electron chi connectivity index (χ1n) is 27.5. The summed E-state index contributed by atoms with van der Waals surface area (Å²) in [5.41, 5.74) is 0. The van der Waals surface area contributed by atoms with Crippen molar-refractivity contribution in [1.82, 2.24) is 47.3 Å². The molecule has 17 unspecified atom stereocenters. The van der Waals surface area contributed by atoms with E-state index in [0.29, 0.717) is 59.9 Å². The Balaban J connectivity index is 0.820. The van der Waals surface area contributed by atoms with Crippen molar-refractivity contribution in [1.29, 1.82) is 0 Å². The normalized spacial score (nSPS) is 42.9. The Morgan fingerprint density at radius 2 is 0.645 bits per heavy atom. The van der Waals surface area contributed by atoms with Crippen molar-refractivity contribution in [3.8, 4) is 0 Å². The lowest BCUT2D eigenvalue weighted by Crippen LogP contribution is -2.62. The van der Waals surface area contributed by atoms with Crippen LogP contribution in [0.2, 0.25) is 0 Å². The molecule has 0 spiro atoms. The first-order valence-corrected chi connectivity index (χ1v) is 29.2. The fourth-order valence-electron chi connectivity index (χ4n) is 15.3. The highest BCUT2D eigenvalue weighted by atomic mass is 32.2. The number of nitrogens with one attached hydrogen (secondary N) is 9. The smallest absolute Gasteiger partial charge is 0.211 e. The van der Waals surface area contributed by atoms with E-state index in [9.17, 15) is 8.42 Å². The predicted molar refractivity (Wildman–Crippen MR) is 253 cm³/mol. The molecule has 62 heavy (non-hydrogen) atoms. The fraction of sp³-hybridized carbons (Fsp3) is 1.00. The summed E-state index contributed by atoms with van der Waals surface area (Å²) >= 11 is 0. The molecular formula is C50H93N9O2S. The summed E-state index contributed by atoms with van der Waals surface area (Å²) in [6.45, 7) is 2.29. The molecule has 356 valence electrons. The van der Waals surface area contributed by atoms with Gasteiger partial charge in [-0.05, 0) is 99.2 Å². The summed E-state index contributed by atoms with van der Waals surface area (Å²) < 4.78 is 31.3. The van der Waals surface area contributed by atoms with Crippen LogP contribution in [0.1, 0.15) is 206 Å². The highest BCUT2D eigenvalue weighted by Gasteiger charge is 2.56. The zero-order valence-electron chi connectivity index (χ0n) is 39.2. The third kappa shape index (κ3) is 11.3. The minimum Gasteiger partial charge on any atom is -0.286 e. The lowest BCUT2D eigenvalue weighted by molar-refractivity contribution is 0.151. The van der Waals surface area contributed by atoms with E-state index < -0.39 is 10.0 Å². The van der Waals surface area contributed by atoms with Gasteiger partial charge in [-0.15, -0.1) is 0 Å². The molecule has 17 atom stereocenters. The molecule has 4 saturated carbocycles. The van der Waals surface area contributed by atoms with Crippen LogP contribution in [0.5, 0.6) is 0 Å². The van der Waals surface area contributed by atoms with Gasteiger partial charge in [-0.3, -0.25) is 42.5 Å². The number of sulfonamides is 1. The summed E-state index contributed by atoms with van der Waals surface area (Å²) in [5, 5.41) is 33.8. The van der Waals surface area contributed by atoms with Gasteiger partial charge in [0.15, 0.2) is 0 Å². The van der Waals surface area contributed by atoms with Gasteiger partial charge in [0.1, 0.15) is 0 Å². The van der Waals surface area contributed by atoms with Gasteiger partial charge >= 0.3 is 0 Å². The quantitative estimate of drug-likeness (QED) is 0.0592. The molecule has 0 aromatic heterocycles. The monoisotopic (exact) mass is 884 g/mol. The van der Waals surface area contributed by atoms with E-state index in [1.807, 2.05) is 0 Å². The van der Waals surface area contributed by atoms with Gasteiger partial charge in [-0.1, -0.05) is 148 Å². The molecule has 8 bridgehead atoms. The van der Waals surface area contributed by atoms with Crippen LogP contribution in [0.3, 0.4) is 0 Å².